The molecule has 1 aromatic carbocycles. The molecule has 0 saturated heterocycles. The minimum absolute atomic E-state index is 0.706. The fraction of sp³-hybridized carbons (Fsp3) is 0.357. The van der Waals surface area contributed by atoms with E-state index in [2.05, 4.69) is 20.9 Å². The van der Waals surface area contributed by atoms with Gasteiger partial charge in [-0.15, -0.1) is 0 Å². The first-order valence-electron chi connectivity index (χ1n) is 6.26. The highest BCUT2D eigenvalue weighted by Gasteiger charge is 2.20. The molecule has 1 N–H and O–H groups in total. The lowest BCUT2D eigenvalue weighted by Crippen LogP contribution is -2.17. The van der Waals surface area contributed by atoms with E-state index in [1.807, 2.05) is 31.5 Å². The van der Waals surface area contributed by atoms with Crippen LogP contribution in [0.5, 0.6) is 0 Å². The molecule has 0 spiro atoms. The SMILES string of the molecule is Cc1nccn1-c1cc(Cl)ccc1CNC1CC1. The van der Waals surface area contributed by atoms with Crippen molar-refractivity contribution in [1.82, 2.24) is 14.9 Å². The molecular formula is C14H16ClN3. The standard InChI is InChI=1S/C14H16ClN3/c1-10-16-6-7-18(10)14-8-12(15)3-2-11(14)9-17-13-4-5-13/h2-3,6-8,13,17H,4-5,9H2,1H3. The predicted octanol–water partition coefficient (Wildman–Crippen LogP) is 3.09. The molecule has 0 bridgehead atoms. The van der Waals surface area contributed by atoms with Crippen molar-refractivity contribution in [2.45, 2.75) is 32.4 Å². The Morgan fingerprint density at radius 2 is 2.28 bits per heavy atom. The summed E-state index contributed by atoms with van der Waals surface area (Å²) in [6, 6.07) is 6.74. The molecule has 3 rings (SSSR count). The number of aryl methyl sites for hydroxylation is 1. The smallest absolute Gasteiger partial charge is 0.110 e. The van der Waals surface area contributed by atoms with E-state index >= 15 is 0 Å². The first kappa shape index (κ1) is 11.8. The van der Waals surface area contributed by atoms with Crippen molar-refractivity contribution in [1.29, 1.82) is 0 Å². The van der Waals surface area contributed by atoms with Crippen molar-refractivity contribution in [2.24, 2.45) is 0 Å². The molecule has 3 nitrogen and oxygen atoms in total. The second-order valence-corrected chi connectivity index (χ2v) is 5.21. The molecule has 1 fully saturated rings. The predicted molar refractivity (Wildman–Crippen MR) is 73.2 cm³/mol. The second kappa shape index (κ2) is 4.75. The summed E-state index contributed by atoms with van der Waals surface area (Å²) in [5, 5.41) is 4.29. The van der Waals surface area contributed by atoms with Crippen LogP contribution in [0.2, 0.25) is 5.02 Å². The number of benzene rings is 1. The number of aromatic nitrogens is 2. The lowest BCUT2D eigenvalue weighted by Gasteiger charge is -2.13. The number of halogens is 1. The second-order valence-electron chi connectivity index (χ2n) is 4.77. The van der Waals surface area contributed by atoms with Crippen molar-refractivity contribution in [2.75, 3.05) is 0 Å². The van der Waals surface area contributed by atoms with Gasteiger partial charge in [-0.05, 0) is 37.5 Å². The number of nitrogens with one attached hydrogen (secondary N) is 1. The Bertz CT molecular complexity index is 558. The largest absolute Gasteiger partial charge is 0.310 e. The number of rotatable bonds is 4. The van der Waals surface area contributed by atoms with Crippen molar-refractivity contribution in [3.05, 3.63) is 47.0 Å². The van der Waals surface area contributed by atoms with E-state index < -0.39 is 0 Å². The van der Waals surface area contributed by atoms with Gasteiger partial charge in [0.1, 0.15) is 5.82 Å². The summed E-state index contributed by atoms with van der Waals surface area (Å²) in [6.07, 6.45) is 6.38. The molecule has 0 radical (unpaired) electrons. The Morgan fingerprint density at radius 3 is 2.94 bits per heavy atom. The van der Waals surface area contributed by atoms with Gasteiger partial charge in [0.05, 0.1) is 5.69 Å². The Labute approximate surface area is 112 Å². The average Bonchev–Trinajstić information content (AvgIpc) is 3.09. The van der Waals surface area contributed by atoms with E-state index in [0.29, 0.717) is 6.04 Å². The molecule has 1 aliphatic carbocycles. The van der Waals surface area contributed by atoms with E-state index in [1.54, 1.807) is 0 Å². The van der Waals surface area contributed by atoms with Crippen LogP contribution in [-0.4, -0.2) is 15.6 Å². The molecule has 4 heteroatoms. The summed E-state index contributed by atoms with van der Waals surface area (Å²) in [5.74, 6) is 0.977. The zero-order chi connectivity index (χ0) is 12.5. The topological polar surface area (TPSA) is 29.9 Å². The summed E-state index contributed by atoms with van der Waals surface area (Å²) >= 11 is 6.11. The highest BCUT2D eigenvalue weighted by Crippen LogP contribution is 2.24. The Morgan fingerprint density at radius 1 is 1.44 bits per heavy atom. The Hall–Kier alpha value is -1.32. The van der Waals surface area contributed by atoms with Crippen LogP contribution < -0.4 is 5.32 Å². The summed E-state index contributed by atoms with van der Waals surface area (Å²) in [5.41, 5.74) is 2.37. The van der Waals surface area contributed by atoms with Gasteiger partial charge in [0, 0.05) is 30.0 Å². The molecule has 94 valence electrons. The van der Waals surface area contributed by atoms with E-state index in [9.17, 15) is 0 Å². The number of hydrogen-bond acceptors (Lipinski definition) is 2. The van der Waals surface area contributed by atoms with Gasteiger partial charge in [0.2, 0.25) is 0 Å². The third kappa shape index (κ3) is 2.42. The molecule has 2 aromatic rings. The van der Waals surface area contributed by atoms with Crippen molar-refractivity contribution in [3.63, 3.8) is 0 Å². The van der Waals surface area contributed by atoms with Gasteiger partial charge in [0.15, 0.2) is 0 Å². The average molecular weight is 262 g/mol. The van der Waals surface area contributed by atoms with Crippen LogP contribution in [0.3, 0.4) is 0 Å². The van der Waals surface area contributed by atoms with Crippen LogP contribution in [0, 0.1) is 6.92 Å². The molecule has 18 heavy (non-hydrogen) atoms. The monoisotopic (exact) mass is 261 g/mol. The van der Waals surface area contributed by atoms with E-state index in [0.717, 1.165) is 23.1 Å². The summed E-state index contributed by atoms with van der Waals surface area (Å²) in [4.78, 5) is 4.27. The molecule has 0 atom stereocenters. The molecular weight excluding hydrogens is 246 g/mol. The molecule has 1 saturated carbocycles. The van der Waals surface area contributed by atoms with Gasteiger partial charge in [-0.2, -0.15) is 0 Å². The third-order valence-corrected chi connectivity index (χ3v) is 3.53. The van der Waals surface area contributed by atoms with Gasteiger partial charge in [-0.1, -0.05) is 17.7 Å². The fourth-order valence-electron chi connectivity index (χ4n) is 2.09. The lowest BCUT2D eigenvalue weighted by molar-refractivity contribution is 0.684. The maximum atomic E-state index is 6.11. The molecule has 0 amide bonds. The fourth-order valence-corrected chi connectivity index (χ4v) is 2.25. The lowest BCUT2D eigenvalue weighted by atomic mass is 10.1. The van der Waals surface area contributed by atoms with E-state index in [-0.39, 0.29) is 0 Å². The summed E-state index contributed by atoms with van der Waals surface area (Å²) in [6.45, 7) is 2.88. The maximum absolute atomic E-state index is 6.11. The van der Waals surface area contributed by atoms with Crippen LogP contribution in [0.15, 0.2) is 30.6 Å². The van der Waals surface area contributed by atoms with Crippen LogP contribution in [0.25, 0.3) is 5.69 Å². The zero-order valence-corrected chi connectivity index (χ0v) is 11.1. The maximum Gasteiger partial charge on any atom is 0.110 e. The van der Waals surface area contributed by atoms with Crippen molar-refractivity contribution < 1.29 is 0 Å². The van der Waals surface area contributed by atoms with Crippen molar-refractivity contribution >= 4 is 11.6 Å². The van der Waals surface area contributed by atoms with Crippen LogP contribution >= 0.6 is 11.6 Å². The van der Waals surface area contributed by atoms with Crippen LogP contribution in [0.1, 0.15) is 24.2 Å². The Balaban J connectivity index is 1.94. The molecule has 1 aromatic heterocycles. The minimum Gasteiger partial charge on any atom is -0.310 e. The quantitative estimate of drug-likeness (QED) is 0.917. The number of nitrogens with zero attached hydrogens (tertiary/aromatic N) is 2. The van der Waals surface area contributed by atoms with E-state index in [4.69, 9.17) is 11.6 Å². The highest BCUT2D eigenvalue weighted by molar-refractivity contribution is 6.30. The molecule has 0 unspecified atom stereocenters. The summed E-state index contributed by atoms with van der Waals surface area (Å²) in [7, 11) is 0. The van der Waals surface area contributed by atoms with Gasteiger partial charge >= 0.3 is 0 Å². The molecule has 1 aliphatic rings. The van der Waals surface area contributed by atoms with Gasteiger partial charge < -0.3 is 9.88 Å². The third-order valence-electron chi connectivity index (χ3n) is 3.29. The van der Waals surface area contributed by atoms with Gasteiger partial charge in [0.25, 0.3) is 0 Å². The Kier molecular flexibility index (Phi) is 3.10. The van der Waals surface area contributed by atoms with Crippen LogP contribution in [0.4, 0.5) is 0 Å². The normalized spacial score (nSPS) is 15.0. The van der Waals surface area contributed by atoms with Gasteiger partial charge in [-0.3, -0.25) is 0 Å². The first-order chi connectivity index (χ1) is 8.74. The summed E-state index contributed by atoms with van der Waals surface area (Å²) < 4.78 is 2.08. The van der Waals surface area contributed by atoms with Gasteiger partial charge in [-0.25, -0.2) is 4.98 Å². The number of imidazole rings is 1. The number of hydrogen-bond donors (Lipinski definition) is 1. The minimum atomic E-state index is 0.706. The first-order valence-corrected chi connectivity index (χ1v) is 6.64. The molecule has 1 heterocycles. The highest BCUT2D eigenvalue weighted by atomic mass is 35.5. The van der Waals surface area contributed by atoms with Crippen molar-refractivity contribution in [3.8, 4) is 5.69 Å². The zero-order valence-electron chi connectivity index (χ0n) is 10.4. The molecule has 0 aliphatic heterocycles. The van der Waals surface area contributed by atoms with Crippen LogP contribution in [-0.2, 0) is 6.54 Å². The van der Waals surface area contributed by atoms with E-state index in [1.165, 1.54) is 18.4 Å².